The first-order valence-corrected chi connectivity index (χ1v) is 7.69. The maximum atomic E-state index is 10.9. The largest absolute Gasteiger partial charge is 0.383 e. The van der Waals surface area contributed by atoms with Gasteiger partial charge in [-0.25, -0.2) is 0 Å². The lowest BCUT2D eigenvalue weighted by molar-refractivity contribution is 0.133. The van der Waals surface area contributed by atoms with Crippen molar-refractivity contribution in [3.63, 3.8) is 0 Å². The fourth-order valence-electron chi connectivity index (χ4n) is 2.89. The van der Waals surface area contributed by atoms with Gasteiger partial charge in [0.15, 0.2) is 5.84 Å². The van der Waals surface area contributed by atoms with E-state index < -0.39 is 5.60 Å². The molecule has 1 atom stereocenters. The summed E-state index contributed by atoms with van der Waals surface area (Å²) in [6, 6.07) is 13.7. The fraction of sp³-hybridized carbons (Fsp3) is 0.333. The standard InChI is InChI=1S/C18H21N3O/c1-18(22,17(19)21-20-14-9-3-4-10-14)16-12-6-8-13-7-2-5-11-15(13)16/h2,5-8,11-12,22H,3-4,9-10H2,1H3,(H2,19,21). The predicted molar refractivity (Wildman–Crippen MR) is 91.0 cm³/mol. The molecule has 1 aliphatic carbocycles. The minimum atomic E-state index is -1.34. The highest BCUT2D eigenvalue weighted by Crippen LogP contribution is 2.29. The highest BCUT2D eigenvalue weighted by atomic mass is 16.3. The number of rotatable bonds is 3. The van der Waals surface area contributed by atoms with Crippen LogP contribution in [0.2, 0.25) is 0 Å². The molecule has 2 aromatic rings. The van der Waals surface area contributed by atoms with Gasteiger partial charge in [0.2, 0.25) is 0 Å². The van der Waals surface area contributed by atoms with E-state index in [4.69, 9.17) is 5.73 Å². The normalized spacial score (nSPS) is 18.5. The predicted octanol–water partition coefficient (Wildman–Crippen LogP) is 3.33. The van der Waals surface area contributed by atoms with Crippen LogP contribution in [0.25, 0.3) is 10.8 Å². The summed E-state index contributed by atoms with van der Waals surface area (Å²) in [5.41, 5.74) is 6.52. The van der Waals surface area contributed by atoms with Crippen LogP contribution in [0, 0.1) is 0 Å². The van der Waals surface area contributed by atoms with Gasteiger partial charge in [-0.2, -0.15) is 5.10 Å². The number of hydrogen-bond donors (Lipinski definition) is 2. The van der Waals surface area contributed by atoms with E-state index in [0.29, 0.717) is 0 Å². The van der Waals surface area contributed by atoms with Crippen molar-refractivity contribution in [3.8, 4) is 0 Å². The number of hydrogen-bond acceptors (Lipinski definition) is 3. The number of benzene rings is 2. The van der Waals surface area contributed by atoms with Crippen molar-refractivity contribution in [2.75, 3.05) is 0 Å². The molecule has 3 N–H and O–H groups in total. The van der Waals surface area contributed by atoms with Crippen LogP contribution in [0.4, 0.5) is 0 Å². The fourth-order valence-corrected chi connectivity index (χ4v) is 2.89. The quantitative estimate of drug-likeness (QED) is 0.518. The van der Waals surface area contributed by atoms with Gasteiger partial charge in [-0.1, -0.05) is 42.5 Å². The Hall–Kier alpha value is -2.20. The third-order valence-corrected chi connectivity index (χ3v) is 4.29. The van der Waals surface area contributed by atoms with E-state index in [2.05, 4.69) is 10.2 Å². The molecule has 1 fully saturated rings. The molecule has 1 aliphatic rings. The van der Waals surface area contributed by atoms with E-state index in [0.717, 1.165) is 47.7 Å². The Morgan fingerprint density at radius 2 is 1.77 bits per heavy atom. The maximum absolute atomic E-state index is 10.9. The molecule has 3 rings (SSSR count). The molecule has 114 valence electrons. The van der Waals surface area contributed by atoms with Crippen molar-refractivity contribution in [1.29, 1.82) is 0 Å². The second-order valence-electron chi connectivity index (χ2n) is 5.96. The van der Waals surface area contributed by atoms with Crippen molar-refractivity contribution in [2.24, 2.45) is 15.9 Å². The molecule has 22 heavy (non-hydrogen) atoms. The molecular formula is C18H21N3O. The maximum Gasteiger partial charge on any atom is 0.158 e. The third-order valence-electron chi connectivity index (χ3n) is 4.29. The molecule has 1 saturated carbocycles. The van der Waals surface area contributed by atoms with Crippen LogP contribution in [0.3, 0.4) is 0 Å². The zero-order valence-corrected chi connectivity index (χ0v) is 12.8. The number of nitrogens with two attached hydrogens (primary N) is 1. The molecule has 0 saturated heterocycles. The Morgan fingerprint density at radius 1 is 1.09 bits per heavy atom. The number of aliphatic hydroxyl groups is 1. The average molecular weight is 295 g/mol. The molecule has 4 heteroatoms. The first-order valence-electron chi connectivity index (χ1n) is 7.69. The van der Waals surface area contributed by atoms with Crippen LogP contribution >= 0.6 is 0 Å². The molecular weight excluding hydrogens is 274 g/mol. The Kier molecular flexibility index (Phi) is 3.94. The Balaban J connectivity index is 2.00. The van der Waals surface area contributed by atoms with Crippen LogP contribution in [0.1, 0.15) is 38.2 Å². The minimum Gasteiger partial charge on any atom is -0.383 e. The van der Waals surface area contributed by atoms with Crippen molar-refractivity contribution in [1.82, 2.24) is 0 Å². The summed E-state index contributed by atoms with van der Waals surface area (Å²) in [4.78, 5) is 0. The molecule has 2 aromatic carbocycles. The number of nitrogens with zero attached hydrogens (tertiary/aromatic N) is 2. The number of amidine groups is 1. The van der Waals surface area contributed by atoms with Gasteiger partial charge in [0, 0.05) is 5.71 Å². The van der Waals surface area contributed by atoms with Crippen LogP contribution < -0.4 is 5.73 Å². The van der Waals surface area contributed by atoms with Gasteiger partial charge in [0.1, 0.15) is 5.60 Å². The van der Waals surface area contributed by atoms with Crippen molar-refractivity contribution < 1.29 is 5.11 Å². The lowest BCUT2D eigenvalue weighted by atomic mass is 9.90. The molecule has 4 nitrogen and oxygen atoms in total. The summed E-state index contributed by atoms with van der Waals surface area (Å²) in [5, 5.41) is 21.2. The summed E-state index contributed by atoms with van der Waals surface area (Å²) in [7, 11) is 0. The van der Waals surface area contributed by atoms with Crippen LogP contribution in [-0.4, -0.2) is 16.7 Å². The van der Waals surface area contributed by atoms with Gasteiger partial charge in [-0.05, 0) is 48.9 Å². The smallest absolute Gasteiger partial charge is 0.158 e. The van der Waals surface area contributed by atoms with Crippen LogP contribution in [0.15, 0.2) is 52.7 Å². The van der Waals surface area contributed by atoms with E-state index in [1.54, 1.807) is 6.92 Å². The van der Waals surface area contributed by atoms with E-state index in [1.807, 2.05) is 42.5 Å². The Bertz CT molecular complexity index is 734. The van der Waals surface area contributed by atoms with E-state index in [-0.39, 0.29) is 5.84 Å². The number of fused-ring (bicyclic) bond motifs is 1. The summed E-state index contributed by atoms with van der Waals surface area (Å²) in [6.07, 6.45) is 4.28. The first kappa shape index (κ1) is 14.7. The Labute approximate surface area is 130 Å². The van der Waals surface area contributed by atoms with Crippen molar-refractivity contribution in [3.05, 3.63) is 48.0 Å². The van der Waals surface area contributed by atoms with Crippen LogP contribution in [-0.2, 0) is 5.60 Å². The lowest BCUT2D eigenvalue weighted by Gasteiger charge is -2.24. The second-order valence-corrected chi connectivity index (χ2v) is 5.96. The molecule has 0 bridgehead atoms. The summed E-state index contributed by atoms with van der Waals surface area (Å²) in [5.74, 6) is 0.128. The summed E-state index contributed by atoms with van der Waals surface area (Å²) < 4.78 is 0. The van der Waals surface area contributed by atoms with Gasteiger partial charge in [-0.3, -0.25) is 0 Å². The van der Waals surface area contributed by atoms with Gasteiger partial charge < -0.3 is 10.8 Å². The molecule has 0 aromatic heterocycles. The van der Waals surface area contributed by atoms with E-state index >= 15 is 0 Å². The second kappa shape index (κ2) is 5.89. The molecule has 0 amide bonds. The topological polar surface area (TPSA) is 71.0 Å². The molecule has 1 unspecified atom stereocenters. The molecule has 0 heterocycles. The van der Waals surface area contributed by atoms with E-state index in [9.17, 15) is 5.11 Å². The Morgan fingerprint density at radius 3 is 2.55 bits per heavy atom. The van der Waals surface area contributed by atoms with Crippen molar-refractivity contribution in [2.45, 2.75) is 38.2 Å². The van der Waals surface area contributed by atoms with Gasteiger partial charge in [0.05, 0.1) is 0 Å². The monoisotopic (exact) mass is 295 g/mol. The minimum absolute atomic E-state index is 0.128. The van der Waals surface area contributed by atoms with E-state index in [1.165, 1.54) is 0 Å². The third kappa shape index (κ3) is 2.74. The van der Waals surface area contributed by atoms with Gasteiger partial charge >= 0.3 is 0 Å². The highest BCUT2D eigenvalue weighted by molar-refractivity contribution is 5.96. The SMILES string of the molecule is CC(O)(/C(N)=N/N=C1CCCC1)c1cccc2ccccc12. The zero-order chi connectivity index (χ0) is 15.6. The summed E-state index contributed by atoms with van der Waals surface area (Å²) >= 11 is 0. The lowest BCUT2D eigenvalue weighted by Crippen LogP contribution is -2.38. The summed E-state index contributed by atoms with van der Waals surface area (Å²) in [6.45, 7) is 1.67. The van der Waals surface area contributed by atoms with Crippen molar-refractivity contribution >= 4 is 22.3 Å². The first-order chi connectivity index (χ1) is 10.6. The van der Waals surface area contributed by atoms with Crippen LogP contribution in [0.5, 0.6) is 0 Å². The molecule has 0 spiro atoms. The molecule has 0 aliphatic heterocycles. The zero-order valence-electron chi connectivity index (χ0n) is 12.8. The molecule has 0 radical (unpaired) electrons. The van der Waals surface area contributed by atoms with Gasteiger partial charge in [-0.15, -0.1) is 5.10 Å². The van der Waals surface area contributed by atoms with Gasteiger partial charge in [0.25, 0.3) is 0 Å². The highest BCUT2D eigenvalue weighted by Gasteiger charge is 2.30. The average Bonchev–Trinajstić information content (AvgIpc) is 3.05.